The third-order valence-corrected chi connectivity index (χ3v) is 2.96. The third-order valence-electron chi connectivity index (χ3n) is 2.96. The van der Waals surface area contributed by atoms with Crippen LogP contribution in [0.1, 0.15) is 24.1 Å². The molecule has 102 valence electrons. The summed E-state index contributed by atoms with van der Waals surface area (Å²) in [5, 5.41) is 31.0. The smallest absolute Gasteiger partial charge is 0.147 e. The Bertz CT molecular complexity index is 660. The molecule has 0 bridgehead atoms. The number of phenols is 2. The van der Waals surface area contributed by atoms with E-state index in [0.717, 1.165) is 6.07 Å². The Morgan fingerprint density at radius 2 is 1.85 bits per heavy atom. The van der Waals surface area contributed by atoms with Gasteiger partial charge in [0.25, 0.3) is 0 Å². The van der Waals surface area contributed by atoms with Crippen molar-refractivity contribution in [2.24, 2.45) is 0 Å². The minimum absolute atomic E-state index is 0.0703. The summed E-state index contributed by atoms with van der Waals surface area (Å²) in [4.78, 5) is 0. The molecule has 0 aliphatic heterocycles. The summed E-state index contributed by atoms with van der Waals surface area (Å²) < 4.78 is 13.8. The van der Waals surface area contributed by atoms with Crippen LogP contribution in [0.3, 0.4) is 0 Å². The zero-order valence-corrected chi connectivity index (χ0v) is 10.8. The van der Waals surface area contributed by atoms with Crippen molar-refractivity contribution in [3.8, 4) is 17.6 Å². The van der Waals surface area contributed by atoms with Gasteiger partial charge in [0, 0.05) is 0 Å². The molecule has 0 spiro atoms. The van der Waals surface area contributed by atoms with E-state index in [1.54, 1.807) is 6.92 Å². The third kappa shape index (κ3) is 2.64. The van der Waals surface area contributed by atoms with Crippen LogP contribution in [-0.2, 0) is 0 Å². The van der Waals surface area contributed by atoms with E-state index in [4.69, 9.17) is 5.26 Å². The van der Waals surface area contributed by atoms with Gasteiger partial charge in [0.2, 0.25) is 0 Å². The highest BCUT2D eigenvalue weighted by Gasteiger charge is 2.16. The average molecular weight is 272 g/mol. The average Bonchev–Trinajstić information content (AvgIpc) is 2.41. The highest BCUT2D eigenvalue weighted by molar-refractivity contribution is 5.53. The number of rotatable bonds is 3. The van der Waals surface area contributed by atoms with Crippen molar-refractivity contribution in [2.45, 2.75) is 13.0 Å². The van der Waals surface area contributed by atoms with E-state index in [0.29, 0.717) is 0 Å². The molecule has 0 radical (unpaired) electrons. The fourth-order valence-corrected chi connectivity index (χ4v) is 1.99. The fourth-order valence-electron chi connectivity index (χ4n) is 1.99. The maximum atomic E-state index is 13.8. The molecule has 1 unspecified atom stereocenters. The second-order valence-corrected chi connectivity index (χ2v) is 4.38. The molecule has 0 amide bonds. The van der Waals surface area contributed by atoms with Crippen LogP contribution in [-0.4, -0.2) is 10.2 Å². The zero-order chi connectivity index (χ0) is 14.7. The van der Waals surface area contributed by atoms with Crippen molar-refractivity contribution in [3.63, 3.8) is 0 Å². The lowest BCUT2D eigenvalue weighted by Crippen LogP contribution is -2.08. The van der Waals surface area contributed by atoms with E-state index in [1.165, 1.54) is 30.3 Å². The minimum Gasteiger partial charge on any atom is -0.507 e. The maximum absolute atomic E-state index is 13.8. The van der Waals surface area contributed by atoms with Crippen molar-refractivity contribution in [1.29, 1.82) is 5.26 Å². The maximum Gasteiger partial charge on any atom is 0.147 e. The van der Waals surface area contributed by atoms with E-state index >= 15 is 0 Å². The predicted octanol–water partition coefficient (Wildman–Crippen LogP) is 3.28. The second-order valence-electron chi connectivity index (χ2n) is 4.38. The Kier molecular flexibility index (Phi) is 3.76. The standard InChI is InChI=1S/C15H13FN2O2/c1-9(15-13(19)3-2-4-14(15)20)18-12-6-5-10(8-17)7-11(12)16/h2-7,9,18-20H,1H3. The number of hydrogen-bond acceptors (Lipinski definition) is 4. The summed E-state index contributed by atoms with van der Waals surface area (Å²) in [5.41, 5.74) is 0.710. The number of halogens is 1. The Balaban J connectivity index is 2.28. The first-order valence-corrected chi connectivity index (χ1v) is 6.00. The van der Waals surface area contributed by atoms with E-state index in [9.17, 15) is 14.6 Å². The topological polar surface area (TPSA) is 76.3 Å². The van der Waals surface area contributed by atoms with Gasteiger partial charge in [-0.1, -0.05) is 6.07 Å². The number of nitrogens with zero attached hydrogens (tertiary/aromatic N) is 1. The fraction of sp³-hybridized carbons (Fsp3) is 0.133. The Hall–Kier alpha value is -2.74. The van der Waals surface area contributed by atoms with Crippen LogP contribution in [0.5, 0.6) is 11.5 Å². The molecule has 2 rings (SSSR count). The first kappa shape index (κ1) is 13.7. The van der Waals surface area contributed by atoms with Crippen LogP contribution < -0.4 is 5.32 Å². The Labute approximate surface area is 115 Å². The largest absolute Gasteiger partial charge is 0.507 e. The lowest BCUT2D eigenvalue weighted by molar-refractivity contribution is 0.434. The molecule has 3 N–H and O–H groups in total. The first-order chi connectivity index (χ1) is 9.52. The molecule has 2 aromatic carbocycles. The van der Waals surface area contributed by atoms with Crippen molar-refractivity contribution in [3.05, 3.63) is 53.3 Å². The van der Waals surface area contributed by atoms with Gasteiger partial charge in [-0.2, -0.15) is 5.26 Å². The number of hydrogen-bond donors (Lipinski definition) is 3. The monoisotopic (exact) mass is 272 g/mol. The van der Waals surface area contributed by atoms with Gasteiger partial charge in [0.15, 0.2) is 0 Å². The normalized spacial score (nSPS) is 11.7. The van der Waals surface area contributed by atoms with E-state index in [-0.39, 0.29) is 28.3 Å². The molecular formula is C15H13FN2O2. The molecule has 0 saturated heterocycles. The molecule has 0 saturated carbocycles. The summed E-state index contributed by atoms with van der Waals surface area (Å²) in [5.74, 6) is -0.705. The second kappa shape index (κ2) is 5.49. The minimum atomic E-state index is -0.564. The molecule has 1 atom stereocenters. The summed E-state index contributed by atoms with van der Waals surface area (Å²) >= 11 is 0. The molecule has 0 aliphatic rings. The molecule has 4 nitrogen and oxygen atoms in total. The van der Waals surface area contributed by atoms with Crippen molar-refractivity contribution >= 4 is 5.69 Å². The Morgan fingerprint density at radius 1 is 1.20 bits per heavy atom. The highest BCUT2D eigenvalue weighted by atomic mass is 19.1. The number of nitrogens with one attached hydrogen (secondary N) is 1. The van der Waals surface area contributed by atoms with Crippen LogP contribution in [0.15, 0.2) is 36.4 Å². The highest BCUT2D eigenvalue weighted by Crippen LogP contribution is 2.34. The van der Waals surface area contributed by atoms with Gasteiger partial charge < -0.3 is 15.5 Å². The van der Waals surface area contributed by atoms with E-state index in [2.05, 4.69) is 5.32 Å². The van der Waals surface area contributed by atoms with Crippen LogP contribution >= 0.6 is 0 Å². The molecule has 0 fully saturated rings. The quantitative estimate of drug-likeness (QED) is 0.801. The molecule has 2 aromatic rings. The van der Waals surface area contributed by atoms with Gasteiger partial charge in [0.05, 0.1) is 28.9 Å². The summed E-state index contributed by atoms with van der Waals surface area (Å²) in [6.07, 6.45) is 0. The zero-order valence-electron chi connectivity index (χ0n) is 10.8. The molecular weight excluding hydrogens is 259 g/mol. The number of nitriles is 1. The first-order valence-electron chi connectivity index (χ1n) is 6.00. The molecule has 0 aromatic heterocycles. The van der Waals surface area contributed by atoms with Crippen LogP contribution in [0.4, 0.5) is 10.1 Å². The lowest BCUT2D eigenvalue weighted by atomic mass is 10.1. The van der Waals surface area contributed by atoms with Crippen molar-refractivity contribution in [2.75, 3.05) is 5.32 Å². The number of anilines is 1. The number of benzene rings is 2. The predicted molar refractivity (Wildman–Crippen MR) is 72.9 cm³/mol. The van der Waals surface area contributed by atoms with Gasteiger partial charge in [-0.15, -0.1) is 0 Å². The van der Waals surface area contributed by atoms with Gasteiger partial charge in [-0.3, -0.25) is 0 Å². The SMILES string of the molecule is CC(Nc1ccc(C#N)cc1F)c1c(O)cccc1O. The van der Waals surface area contributed by atoms with Gasteiger partial charge in [0.1, 0.15) is 17.3 Å². The lowest BCUT2D eigenvalue weighted by Gasteiger charge is -2.18. The van der Waals surface area contributed by atoms with Crippen LogP contribution in [0.2, 0.25) is 0 Å². The summed E-state index contributed by atoms with van der Waals surface area (Å²) in [6, 6.07) is 9.82. The molecule has 5 heteroatoms. The molecule has 0 heterocycles. The van der Waals surface area contributed by atoms with Crippen LogP contribution in [0, 0.1) is 17.1 Å². The number of aromatic hydroxyl groups is 2. The Morgan fingerprint density at radius 3 is 2.40 bits per heavy atom. The van der Waals surface area contributed by atoms with Gasteiger partial charge in [-0.25, -0.2) is 4.39 Å². The van der Waals surface area contributed by atoms with E-state index in [1.807, 2.05) is 6.07 Å². The van der Waals surface area contributed by atoms with Gasteiger partial charge in [-0.05, 0) is 37.3 Å². The van der Waals surface area contributed by atoms with Gasteiger partial charge >= 0.3 is 0 Å². The molecule has 20 heavy (non-hydrogen) atoms. The van der Waals surface area contributed by atoms with Crippen molar-refractivity contribution in [1.82, 2.24) is 0 Å². The van der Waals surface area contributed by atoms with Crippen LogP contribution in [0.25, 0.3) is 0 Å². The number of phenolic OH excluding ortho intramolecular Hbond substituents is 2. The van der Waals surface area contributed by atoms with Crippen molar-refractivity contribution < 1.29 is 14.6 Å². The summed E-state index contributed by atoms with van der Waals surface area (Å²) in [7, 11) is 0. The summed E-state index contributed by atoms with van der Waals surface area (Å²) in [6.45, 7) is 1.69. The van der Waals surface area contributed by atoms with E-state index < -0.39 is 11.9 Å². The molecule has 0 aliphatic carbocycles.